The van der Waals surface area contributed by atoms with Crippen molar-refractivity contribution in [2.45, 2.75) is 0 Å². The van der Waals surface area contributed by atoms with E-state index in [2.05, 4.69) is 4.37 Å². The molecule has 0 aliphatic carbocycles. The topological polar surface area (TPSA) is 72.0 Å². The summed E-state index contributed by atoms with van der Waals surface area (Å²) in [5.41, 5.74) is 5.61. The zero-order valence-electron chi connectivity index (χ0n) is 5.42. The molecule has 0 radical (unpaired) electrons. The molecule has 0 saturated carbocycles. The molecule has 1 rings (SSSR count). The zero-order valence-corrected chi connectivity index (χ0v) is 6.23. The molecule has 0 fully saturated rings. The number of rotatable bonds is 2. The third-order valence-corrected chi connectivity index (χ3v) is 1.62. The molecule has 0 spiro atoms. The molecule has 0 atom stereocenters. The number of nitrogens with one attached hydrogen (secondary N) is 1. The number of ether oxygens (including phenoxy) is 1. The van der Waals surface area contributed by atoms with Gasteiger partial charge in [-0.15, -0.1) is 0 Å². The van der Waals surface area contributed by atoms with Gasteiger partial charge in [0.2, 0.25) is 0 Å². The highest BCUT2D eigenvalue weighted by Gasteiger charge is 2.07. The maximum atomic E-state index is 7.04. The van der Waals surface area contributed by atoms with Crippen LogP contribution in [0.3, 0.4) is 0 Å². The van der Waals surface area contributed by atoms with Gasteiger partial charge in [-0.05, 0) is 11.5 Å². The van der Waals surface area contributed by atoms with Crippen LogP contribution in [0.15, 0.2) is 5.38 Å². The van der Waals surface area contributed by atoms with Crippen LogP contribution in [0.1, 0.15) is 5.69 Å². The molecule has 1 aromatic heterocycles. The molecular weight excluding hydrogens is 150 g/mol. The van der Waals surface area contributed by atoms with Gasteiger partial charge in [-0.3, -0.25) is 5.41 Å². The lowest BCUT2D eigenvalue weighted by molar-refractivity contribution is 0.414. The molecule has 0 aliphatic heterocycles. The van der Waals surface area contributed by atoms with Crippen LogP contribution >= 0.6 is 11.5 Å². The molecule has 0 amide bonds. The number of hydrogen-bond donors (Lipinski definition) is 2. The minimum atomic E-state index is -0.0573. The monoisotopic (exact) mass is 157 g/mol. The first kappa shape index (κ1) is 7.01. The van der Waals surface area contributed by atoms with Gasteiger partial charge in [0.05, 0.1) is 12.5 Å². The van der Waals surface area contributed by atoms with Crippen molar-refractivity contribution >= 4 is 17.4 Å². The van der Waals surface area contributed by atoms with Crippen LogP contribution < -0.4 is 10.5 Å². The van der Waals surface area contributed by atoms with Crippen molar-refractivity contribution in [2.75, 3.05) is 7.11 Å². The quantitative estimate of drug-likeness (QED) is 0.483. The highest BCUT2D eigenvalue weighted by atomic mass is 32.1. The van der Waals surface area contributed by atoms with Gasteiger partial charge in [0.1, 0.15) is 5.84 Å². The highest BCUT2D eigenvalue weighted by Crippen LogP contribution is 2.17. The Hall–Kier alpha value is -1.10. The molecule has 0 bridgehead atoms. The molecule has 1 heterocycles. The Balaban J connectivity index is 3.01. The van der Waals surface area contributed by atoms with Gasteiger partial charge in [-0.2, -0.15) is 4.37 Å². The van der Waals surface area contributed by atoms with Crippen LogP contribution in [0.2, 0.25) is 0 Å². The number of hydrogen-bond acceptors (Lipinski definition) is 4. The summed E-state index contributed by atoms with van der Waals surface area (Å²) in [5.74, 6) is 0.510. The molecule has 5 heteroatoms. The molecule has 0 aromatic carbocycles. The van der Waals surface area contributed by atoms with Gasteiger partial charge >= 0.3 is 0 Å². The van der Waals surface area contributed by atoms with Crippen LogP contribution in [0.5, 0.6) is 5.75 Å². The number of nitrogen functional groups attached to an aromatic ring is 1. The molecule has 54 valence electrons. The van der Waals surface area contributed by atoms with E-state index < -0.39 is 0 Å². The smallest absolute Gasteiger partial charge is 0.160 e. The second-order valence-electron chi connectivity index (χ2n) is 1.65. The summed E-state index contributed by atoms with van der Waals surface area (Å²) in [6, 6.07) is 0. The van der Waals surface area contributed by atoms with Gasteiger partial charge < -0.3 is 10.5 Å². The Bertz CT molecular complexity index is 245. The molecule has 0 aliphatic rings. The van der Waals surface area contributed by atoms with Gasteiger partial charge in [-0.25, -0.2) is 0 Å². The van der Waals surface area contributed by atoms with E-state index in [0.29, 0.717) is 11.4 Å². The van der Waals surface area contributed by atoms with E-state index in [-0.39, 0.29) is 5.84 Å². The van der Waals surface area contributed by atoms with Crippen LogP contribution in [0, 0.1) is 5.41 Å². The lowest BCUT2D eigenvalue weighted by atomic mass is 10.4. The molecule has 0 unspecified atom stereocenters. The first-order chi connectivity index (χ1) is 4.75. The van der Waals surface area contributed by atoms with Crippen LogP contribution in [-0.2, 0) is 0 Å². The predicted octanol–water partition coefficient (Wildman–Crippen LogP) is 0.436. The molecular formula is C5H7N3OS. The zero-order chi connectivity index (χ0) is 7.56. The van der Waals surface area contributed by atoms with Crippen LogP contribution in [-0.4, -0.2) is 17.3 Å². The largest absolute Gasteiger partial charge is 0.493 e. The minimum Gasteiger partial charge on any atom is -0.493 e. The van der Waals surface area contributed by atoms with Crippen molar-refractivity contribution in [2.24, 2.45) is 5.73 Å². The van der Waals surface area contributed by atoms with E-state index in [1.807, 2.05) is 0 Å². The Labute approximate surface area is 62.3 Å². The van der Waals surface area contributed by atoms with Crippen molar-refractivity contribution < 1.29 is 4.74 Å². The minimum absolute atomic E-state index is 0.0573. The third-order valence-electron chi connectivity index (χ3n) is 1.01. The summed E-state index contributed by atoms with van der Waals surface area (Å²) in [4.78, 5) is 0. The summed E-state index contributed by atoms with van der Waals surface area (Å²) in [5, 5.41) is 8.74. The Morgan fingerprint density at radius 2 is 2.60 bits per heavy atom. The Morgan fingerprint density at radius 3 is 3.00 bits per heavy atom. The summed E-state index contributed by atoms with van der Waals surface area (Å²) in [6.07, 6.45) is 0. The Morgan fingerprint density at radius 1 is 1.90 bits per heavy atom. The van der Waals surface area contributed by atoms with Gasteiger partial charge in [-0.1, -0.05) is 0 Å². The normalized spacial score (nSPS) is 9.30. The van der Waals surface area contributed by atoms with E-state index >= 15 is 0 Å². The lowest BCUT2D eigenvalue weighted by Gasteiger charge is -1.95. The predicted molar refractivity (Wildman–Crippen MR) is 39.7 cm³/mol. The van der Waals surface area contributed by atoms with Crippen molar-refractivity contribution in [3.05, 3.63) is 11.1 Å². The second-order valence-corrected chi connectivity index (χ2v) is 2.27. The number of methoxy groups -OCH3 is 1. The number of nitrogens with two attached hydrogens (primary N) is 1. The fraction of sp³-hybridized carbons (Fsp3) is 0.200. The average Bonchev–Trinajstić information content (AvgIpc) is 2.33. The summed E-state index contributed by atoms with van der Waals surface area (Å²) >= 11 is 1.22. The van der Waals surface area contributed by atoms with Crippen molar-refractivity contribution in [3.63, 3.8) is 0 Å². The summed E-state index contributed by atoms with van der Waals surface area (Å²) in [6.45, 7) is 0. The van der Waals surface area contributed by atoms with Crippen molar-refractivity contribution in [1.82, 2.24) is 4.37 Å². The van der Waals surface area contributed by atoms with Crippen molar-refractivity contribution in [1.29, 1.82) is 5.41 Å². The molecule has 10 heavy (non-hydrogen) atoms. The average molecular weight is 157 g/mol. The molecule has 1 aromatic rings. The van der Waals surface area contributed by atoms with E-state index in [4.69, 9.17) is 15.9 Å². The molecule has 3 N–H and O–H groups in total. The maximum Gasteiger partial charge on any atom is 0.160 e. The van der Waals surface area contributed by atoms with Crippen molar-refractivity contribution in [3.8, 4) is 5.75 Å². The highest BCUT2D eigenvalue weighted by molar-refractivity contribution is 7.04. The van der Waals surface area contributed by atoms with E-state index in [1.165, 1.54) is 18.6 Å². The van der Waals surface area contributed by atoms with E-state index in [9.17, 15) is 0 Å². The first-order valence-corrected chi connectivity index (χ1v) is 3.42. The molecule has 4 nitrogen and oxygen atoms in total. The first-order valence-electron chi connectivity index (χ1n) is 2.58. The Kier molecular flexibility index (Phi) is 1.86. The number of amidine groups is 1. The van der Waals surface area contributed by atoms with E-state index in [1.54, 1.807) is 5.38 Å². The molecule has 0 saturated heterocycles. The number of nitrogens with zero attached hydrogens (tertiary/aromatic N) is 1. The van der Waals surface area contributed by atoms with Gasteiger partial charge in [0.15, 0.2) is 11.4 Å². The summed E-state index contributed by atoms with van der Waals surface area (Å²) < 4.78 is 8.73. The van der Waals surface area contributed by atoms with E-state index in [0.717, 1.165) is 0 Å². The summed E-state index contributed by atoms with van der Waals surface area (Å²) in [7, 11) is 1.52. The SMILES string of the molecule is COc1csnc1C(=N)N. The van der Waals surface area contributed by atoms with Crippen LogP contribution in [0.25, 0.3) is 0 Å². The third kappa shape index (κ3) is 1.08. The maximum absolute atomic E-state index is 7.04. The standard InChI is InChI=1S/C5H7N3OS/c1-9-3-2-10-8-4(3)5(6)7/h2H,1H3,(H3,6,7). The van der Waals surface area contributed by atoms with Gasteiger partial charge in [0.25, 0.3) is 0 Å². The fourth-order valence-electron chi connectivity index (χ4n) is 0.554. The van der Waals surface area contributed by atoms with Gasteiger partial charge in [0, 0.05) is 0 Å². The lowest BCUT2D eigenvalue weighted by Crippen LogP contribution is -2.12. The fourth-order valence-corrected chi connectivity index (χ4v) is 1.20. The number of aromatic nitrogens is 1. The van der Waals surface area contributed by atoms with Crippen LogP contribution in [0.4, 0.5) is 0 Å². The second kappa shape index (κ2) is 2.66.